The van der Waals surface area contributed by atoms with Crippen LogP contribution in [0.3, 0.4) is 0 Å². The van der Waals surface area contributed by atoms with Gasteiger partial charge in [-0.1, -0.05) is 26.0 Å². The summed E-state index contributed by atoms with van der Waals surface area (Å²) in [5.74, 6) is 1.96. The largest absolute Gasteiger partial charge is 0.460 e. The lowest BCUT2D eigenvalue weighted by Gasteiger charge is -2.00. The van der Waals surface area contributed by atoms with Gasteiger partial charge in [0.2, 0.25) is 0 Å². The summed E-state index contributed by atoms with van der Waals surface area (Å²) in [4.78, 5) is 0. The van der Waals surface area contributed by atoms with Gasteiger partial charge in [0.15, 0.2) is 0 Å². The van der Waals surface area contributed by atoms with E-state index in [1.807, 2.05) is 23.9 Å². The minimum Gasteiger partial charge on any atom is -0.460 e. The summed E-state index contributed by atoms with van der Waals surface area (Å²) in [5.41, 5.74) is 7.80. The van der Waals surface area contributed by atoms with Gasteiger partial charge >= 0.3 is 0 Å². The molecule has 0 fully saturated rings. The van der Waals surface area contributed by atoms with Crippen LogP contribution in [0.2, 0.25) is 0 Å². The van der Waals surface area contributed by atoms with Gasteiger partial charge in [0.05, 0.1) is 5.75 Å². The van der Waals surface area contributed by atoms with Crippen LogP contribution in [0.5, 0.6) is 0 Å². The van der Waals surface area contributed by atoms with Crippen LogP contribution in [0, 0.1) is 0 Å². The quantitative estimate of drug-likeness (QED) is 0.881. The predicted molar refractivity (Wildman–Crippen MR) is 70.5 cm³/mol. The van der Waals surface area contributed by atoms with Gasteiger partial charge in [-0.15, -0.1) is 0 Å². The Hall–Kier alpha value is -0.930. The topological polar surface area (TPSA) is 39.2 Å². The van der Waals surface area contributed by atoms with Crippen molar-refractivity contribution in [1.29, 1.82) is 0 Å². The summed E-state index contributed by atoms with van der Waals surface area (Å²) in [6.45, 7) is 4.95. The molecule has 2 N–H and O–H groups in total. The van der Waals surface area contributed by atoms with Gasteiger partial charge in [0, 0.05) is 11.9 Å². The van der Waals surface area contributed by atoms with Crippen molar-refractivity contribution in [3.63, 3.8) is 0 Å². The van der Waals surface area contributed by atoms with E-state index in [-0.39, 0.29) is 0 Å². The van der Waals surface area contributed by atoms with Gasteiger partial charge in [0.1, 0.15) is 11.3 Å². The fourth-order valence-electron chi connectivity index (χ4n) is 1.67. The summed E-state index contributed by atoms with van der Waals surface area (Å²) in [5, 5.41) is 1.78. The maximum absolute atomic E-state index is 5.78. The summed E-state index contributed by atoms with van der Waals surface area (Å²) in [6.07, 6.45) is 0. The molecule has 0 amide bonds. The highest BCUT2D eigenvalue weighted by Gasteiger charge is 2.07. The van der Waals surface area contributed by atoms with Crippen LogP contribution in [-0.2, 0) is 12.3 Å². The zero-order chi connectivity index (χ0) is 11.5. The third kappa shape index (κ3) is 2.42. The molecule has 2 rings (SSSR count). The van der Waals surface area contributed by atoms with Gasteiger partial charge in [0.25, 0.3) is 0 Å². The summed E-state index contributed by atoms with van der Waals surface area (Å²) < 4.78 is 5.78. The van der Waals surface area contributed by atoms with E-state index >= 15 is 0 Å². The maximum atomic E-state index is 5.78. The van der Waals surface area contributed by atoms with E-state index in [1.54, 1.807) is 0 Å². The van der Waals surface area contributed by atoms with E-state index in [1.165, 1.54) is 0 Å². The number of hydrogen-bond acceptors (Lipinski definition) is 3. The van der Waals surface area contributed by atoms with Gasteiger partial charge in [-0.25, -0.2) is 0 Å². The Balaban J connectivity index is 2.29. The molecule has 0 spiro atoms. The molecule has 0 aliphatic heterocycles. The van der Waals surface area contributed by atoms with Crippen molar-refractivity contribution in [1.82, 2.24) is 0 Å². The molecule has 2 aromatic rings. The Morgan fingerprint density at radius 3 is 2.88 bits per heavy atom. The van der Waals surface area contributed by atoms with Crippen molar-refractivity contribution >= 4 is 22.7 Å². The second kappa shape index (κ2) is 4.93. The molecule has 16 heavy (non-hydrogen) atoms. The summed E-state index contributed by atoms with van der Waals surface area (Å²) >= 11 is 1.89. The molecule has 86 valence electrons. The Bertz CT molecular complexity index is 476. The molecule has 2 nitrogen and oxygen atoms in total. The highest BCUT2D eigenvalue weighted by atomic mass is 32.2. The van der Waals surface area contributed by atoms with Gasteiger partial charge in [-0.2, -0.15) is 11.8 Å². The van der Waals surface area contributed by atoms with Crippen molar-refractivity contribution < 1.29 is 4.42 Å². The zero-order valence-electron chi connectivity index (χ0n) is 9.69. The molecule has 1 heterocycles. The predicted octanol–water partition coefficient (Wildman–Crippen LogP) is 3.53. The normalized spacial score (nSPS) is 11.5. The number of rotatable bonds is 4. The highest BCUT2D eigenvalue weighted by molar-refractivity contribution is 7.99. The molecule has 1 aromatic heterocycles. The monoisotopic (exact) mass is 235 g/mol. The second-order valence-corrected chi connectivity index (χ2v) is 5.67. The van der Waals surface area contributed by atoms with E-state index in [4.69, 9.17) is 10.2 Å². The van der Waals surface area contributed by atoms with Crippen LogP contribution < -0.4 is 5.73 Å². The molecule has 0 bridgehead atoms. The Labute approximate surface area is 100 Å². The number of hydrogen-bond donors (Lipinski definition) is 1. The molecular weight excluding hydrogens is 218 g/mol. The zero-order valence-corrected chi connectivity index (χ0v) is 10.5. The van der Waals surface area contributed by atoms with Crippen molar-refractivity contribution in [2.24, 2.45) is 5.73 Å². The number of fused-ring (bicyclic) bond motifs is 1. The van der Waals surface area contributed by atoms with Gasteiger partial charge < -0.3 is 10.2 Å². The number of benzene rings is 1. The molecule has 0 unspecified atom stereocenters. The molecular formula is C13H17NOS. The molecule has 0 saturated carbocycles. The average Bonchev–Trinajstić information content (AvgIpc) is 2.68. The van der Waals surface area contributed by atoms with Crippen molar-refractivity contribution in [2.45, 2.75) is 31.4 Å². The SMILES string of the molecule is CC(C)SCc1cc2c(CN)cccc2o1. The molecule has 1 aromatic carbocycles. The van der Waals surface area contributed by atoms with Gasteiger partial charge in [-0.3, -0.25) is 0 Å². The summed E-state index contributed by atoms with van der Waals surface area (Å²) in [7, 11) is 0. The van der Waals surface area contributed by atoms with Crippen LogP contribution in [0.4, 0.5) is 0 Å². The minimum atomic E-state index is 0.563. The maximum Gasteiger partial charge on any atom is 0.134 e. The molecule has 0 radical (unpaired) electrons. The fraction of sp³-hybridized carbons (Fsp3) is 0.385. The van der Waals surface area contributed by atoms with Crippen LogP contribution in [0.1, 0.15) is 25.2 Å². The number of furan rings is 1. The number of nitrogens with two attached hydrogens (primary N) is 1. The third-order valence-corrected chi connectivity index (χ3v) is 3.60. The standard InChI is InChI=1S/C13H17NOS/c1-9(2)16-8-11-6-12-10(7-14)4-3-5-13(12)15-11/h3-6,9H,7-8,14H2,1-2H3. The van der Waals surface area contributed by atoms with Crippen molar-refractivity contribution in [2.75, 3.05) is 0 Å². The third-order valence-electron chi connectivity index (χ3n) is 2.48. The fourth-order valence-corrected chi connectivity index (χ4v) is 2.31. The lowest BCUT2D eigenvalue weighted by molar-refractivity contribution is 0.574. The molecule has 3 heteroatoms. The second-order valence-electron chi connectivity index (χ2n) is 4.11. The lowest BCUT2D eigenvalue weighted by Crippen LogP contribution is -1.95. The van der Waals surface area contributed by atoms with E-state index in [0.29, 0.717) is 11.8 Å². The number of thioether (sulfide) groups is 1. The smallest absolute Gasteiger partial charge is 0.134 e. The van der Waals surface area contributed by atoms with E-state index in [2.05, 4.69) is 26.0 Å². The first-order valence-corrected chi connectivity index (χ1v) is 6.57. The average molecular weight is 235 g/mol. The lowest BCUT2D eigenvalue weighted by atomic mass is 10.1. The van der Waals surface area contributed by atoms with E-state index in [9.17, 15) is 0 Å². The molecule has 0 aliphatic carbocycles. The summed E-state index contributed by atoms with van der Waals surface area (Å²) in [6, 6.07) is 8.16. The Kier molecular flexibility index (Phi) is 3.56. The van der Waals surface area contributed by atoms with Crippen LogP contribution >= 0.6 is 11.8 Å². The van der Waals surface area contributed by atoms with Crippen LogP contribution in [0.15, 0.2) is 28.7 Å². The Morgan fingerprint density at radius 2 is 2.19 bits per heavy atom. The van der Waals surface area contributed by atoms with Crippen LogP contribution in [0.25, 0.3) is 11.0 Å². The first-order chi connectivity index (χ1) is 7.70. The van der Waals surface area contributed by atoms with E-state index < -0.39 is 0 Å². The highest BCUT2D eigenvalue weighted by Crippen LogP contribution is 2.26. The van der Waals surface area contributed by atoms with Gasteiger partial charge in [-0.05, 0) is 22.9 Å². The minimum absolute atomic E-state index is 0.563. The van der Waals surface area contributed by atoms with E-state index in [0.717, 1.165) is 28.0 Å². The molecule has 0 atom stereocenters. The molecule has 0 saturated heterocycles. The first kappa shape index (κ1) is 11.6. The van der Waals surface area contributed by atoms with Crippen molar-refractivity contribution in [3.8, 4) is 0 Å². The van der Waals surface area contributed by atoms with Crippen LogP contribution in [-0.4, -0.2) is 5.25 Å². The Morgan fingerprint density at radius 1 is 1.38 bits per heavy atom. The molecule has 0 aliphatic rings. The first-order valence-electron chi connectivity index (χ1n) is 5.52. The van der Waals surface area contributed by atoms with Crippen molar-refractivity contribution in [3.05, 3.63) is 35.6 Å².